The normalized spacial score (nSPS) is 12.3. The van der Waals surface area contributed by atoms with Crippen LogP contribution in [0.15, 0.2) is 65.7 Å². The molecule has 0 bridgehead atoms. The second kappa shape index (κ2) is 8.55. The minimum absolute atomic E-state index is 0.357. The first-order valence-corrected chi connectivity index (χ1v) is 11.1. The number of rotatable bonds is 6. The molecule has 0 aliphatic rings. The quantitative estimate of drug-likeness (QED) is 0.413. The molecule has 0 radical (unpaired) electrons. The van der Waals surface area contributed by atoms with Gasteiger partial charge in [-0.25, -0.2) is 0 Å². The Hall–Kier alpha value is -0.771. The van der Waals surface area contributed by atoms with E-state index in [1.807, 2.05) is 30.9 Å². The van der Waals surface area contributed by atoms with Crippen LogP contribution in [0.25, 0.3) is 0 Å². The van der Waals surface area contributed by atoms with Gasteiger partial charge in [0.15, 0.2) is 0 Å². The molecule has 1 aromatic heterocycles. The Balaban J connectivity index is 1.80. The second-order valence-electron chi connectivity index (χ2n) is 5.35. The van der Waals surface area contributed by atoms with Gasteiger partial charge in [-0.3, -0.25) is 0 Å². The van der Waals surface area contributed by atoms with Crippen LogP contribution in [-0.2, 0) is 11.9 Å². The van der Waals surface area contributed by atoms with E-state index in [0.29, 0.717) is 24.8 Å². The van der Waals surface area contributed by atoms with Crippen LogP contribution in [-0.4, -0.2) is 24.5 Å². The molecule has 0 aliphatic heterocycles. The van der Waals surface area contributed by atoms with Crippen molar-refractivity contribution in [1.82, 2.24) is 9.55 Å². The average Bonchev–Trinajstić information content (AvgIpc) is 3.06. The monoisotopic (exact) mass is 488 g/mol. The summed E-state index contributed by atoms with van der Waals surface area (Å²) in [5.41, 5.74) is 2.51. The number of imidazole rings is 1. The van der Waals surface area contributed by atoms with E-state index < -0.39 is 0 Å². The summed E-state index contributed by atoms with van der Waals surface area (Å²) in [5, 5.41) is 2.47. The molecule has 0 fully saturated rings. The van der Waals surface area contributed by atoms with Gasteiger partial charge in [0.1, 0.15) is 0 Å². The van der Waals surface area contributed by atoms with Gasteiger partial charge in [-0.1, -0.05) is 0 Å². The molecule has 6 heteroatoms. The molecule has 124 valence electrons. The SMILES string of the molecule is Clc1ccc(C(Cn2ccnc2)[Se]Cc2ccc(Br)cc2)c(Cl)c1. The molecular formula is C18H15BrCl2N2Se. The summed E-state index contributed by atoms with van der Waals surface area (Å²) in [7, 11) is 0. The third-order valence-electron chi connectivity index (χ3n) is 3.61. The molecule has 1 heterocycles. The van der Waals surface area contributed by atoms with Crippen LogP contribution in [0.5, 0.6) is 0 Å². The zero-order valence-corrected chi connectivity index (χ0v) is 17.5. The molecule has 0 spiro atoms. The Kier molecular flexibility index (Phi) is 6.43. The van der Waals surface area contributed by atoms with Crippen molar-refractivity contribution in [3.63, 3.8) is 0 Å². The number of aromatic nitrogens is 2. The topological polar surface area (TPSA) is 17.8 Å². The van der Waals surface area contributed by atoms with Crippen LogP contribution < -0.4 is 0 Å². The summed E-state index contributed by atoms with van der Waals surface area (Å²) >= 11 is 16.4. The molecule has 0 saturated carbocycles. The van der Waals surface area contributed by atoms with E-state index in [1.165, 1.54) is 5.56 Å². The molecular weight excluding hydrogens is 474 g/mol. The van der Waals surface area contributed by atoms with Crippen LogP contribution in [0.2, 0.25) is 10.0 Å². The Morgan fingerprint density at radius 1 is 1.12 bits per heavy atom. The van der Waals surface area contributed by atoms with Gasteiger partial charge in [-0.15, -0.1) is 0 Å². The van der Waals surface area contributed by atoms with E-state index in [4.69, 9.17) is 23.2 Å². The summed E-state index contributed by atoms with van der Waals surface area (Å²) in [5.74, 6) is 0. The summed E-state index contributed by atoms with van der Waals surface area (Å²) < 4.78 is 3.22. The van der Waals surface area contributed by atoms with Gasteiger partial charge in [-0.2, -0.15) is 0 Å². The summed E-state index contributed by atoms with van der Waals surface area (Å²) in [4.78, 5) is 4.51. The first-order chi connectivity index (χ1) is 11.6. The van der Waals surface area contributed by atoms with Crippen LogP contribution in [0.3, 0.4) is 0 Å². The molecule has 2 aromatic carbocycles. The van der Waals surface area contributed by atoms with E-state index in [1.54, 1.807) is 0 Å². The molecule has 0 saturated heterocycles. The fraction of sp³-hybridized carbons (Fsp3) is 0.167. The van der Waals surface area contributed by atoms with Crippen molar-refractivity contribution in [3.05, 3.63) is 86.8 Å². The van der Waals surface area contributed by atoms with Crippen molar-refractivity contribution in [3.8, 4) is 0 Å². The Labute approximate surface area is 166 Å². The van der Waals surface area contributed by atoms with Gasteiger partial charge in [0.25, 0.3) is 0 Å². The van der Waals surface area contributed by atoms with Gasteiger partial charge >= 0.3 is 167 Å². The second-order valence-corrected chi connectivity index (χ2v) is 9.61. The summed E-state index contributed by atoms with van der Waals surface area (Å²) in [6.45, 7) is 0.873. The predicted octanol–water partition coefficient (Wildman–Crippen LogP) is 5.60. The van der Waals surface area contributed by atoms with Gasteiger partial charge in [0, 0.05) is 0 Å². The van der Waals surface area contributed by atoms with E-state index in [2.05, 4.69) is 55.8 Å². The molecule has 3 rings (SSSR count). The van der Waals surface area contributed by atoms with Crippen molar-refractivity contribution >= 4 is 54.1 Å². The number of hydrogen-bond donors (Lipinski definition) is 0. The van der Waals surface area contributed by atoms with Crippen molar-refractivity contribution in [2.75, 3.05) is 0 Å². The molecule has 3 aromatic rings. The Morgan fingerprint density at radius 2 is 1.92 bits per heavy atom. The van der Waals surface area contributed by atoms with Gasteiger partial charge in [-0.05, 0) is 0 Å². The van der Waals surface area contributed by atoms with Crippen LogP contribution in [0.1, 0.15) is 15.9 Å². The third-order valence-corrected chi connectivity index (χ3v) is 7.44. The molecule has 24 heavy (non-hydrogen) atoms. The maximum absolute atomic E-state index is 6.46. The van der Waals surface area contributed by atoms with E-state index in [-0.39, 0.29) is 0 Å². The zero-order chi connectivity index (χ0) is 16.9. The van der Waals surface area contributed by atoms with Crippen LogP contribution in [0, 0.1) is 0 Å². The zero-order valence-electron chi connectivity index (χ0n) is 12.7. The minimum atomic E-state index is 0.357. The van der Waals surface area contributed by atoms with Crippen molar-refractivity contribution in [2.45, 2.75) is 16.7 Å². The van der Waals surface area contributed by atoms with E-state index in [9.17, 15) is 0 Å². The standard InChI is InChI=1S/C18H15BrCl2N2Se/c19-14-3-1-13(2-4-14)11-24-18(10-23-8-7-22-12-23)16-6-5-15(20)9-17(16)21/h1-9,12,18H,10-11H2. The average molecular weight is 489 g/mol. The molecule has 0 N–H and O–H groups in total. The van der Waals surface area contributed by atoms with Gasteiger partial charge in [0.05, 0.1) is 0 Å². The number of hydrogen-bond acceptors (Lipinski definition) is 1. The summed E-state index contributed by atoms with van der Waals surface area (Å²) in [6.07, 6.45) is 5.65. The van der Waals surface area contributed by atoms with E-state index >= 15 is 0 Å². The fourth-order valence-electron chi connectivity index (χ4n) is 2.37. The first kappa shape index (κ1) is 18.0. The molecule has 1 unspecified atom stereocenters. The third kappa shape index (κ3) is 4.87. The fourth-order valence-corrected chi connectivity index (χ4v) is 5.94. The number of nitrogens with zero attached hydrogens (tertiary/aromatic N) is 2. The first-order valence-electron chi connectivity index (χ1n) is 7.38. The van der Waals surface area contributed by atoms with E-state index in [0.717, 1.165) is 26.9 Å². The predicted molar refractivity (Wildman–Crippen MR) is 105 cm³/mol. The van der Waals surface area contributed by atoms with Crippen molar-refractivity contribution < 1.29 is 0 Å². The van der Waals surface area contributed by atoms with Crippen molar-refractivity contribution in [2.24, 2.45) is 0 Å². The molecule has 2 nitrogen and oxygen atoms in total. The van der Waals surface area contributed by atoms with Crippen molar-refractivity contribution in [1.29, 1.82) is 0 Å². The molecule has 0 amide bonds. The van der Waals surface area contributed by atoms with Crippen LogP contribution >= 0.6 is 39.1 Å². The summed E-state index contributed by atoms with van der Waals surface area (Å²) in [6, 6.07) is 14.3. The number of benzene rings is 2. The maximum atomic E-state index is 6.46. The molecule has 0 aliphatic carbocycles. The Morgan fingerprint density at radius 3 is 2.58 bits per heavy atom. The number of halogens is 3. The van der Waals surface area contributed by atoms with Crippen LogP contribution in [0.4, 0.5) is 0 Å². The Bertz CT molecular complexity index is 791. The van der Waals surface area contributed by atoms with Gasteiger partial charge in [0.2, 0.25) is 0 Å². The van der Waals surface area contributed by atoms with Gasteiger partial charge < -0.3 is 0 Å². The molecule has 1 atom stereocenters.